The van der Waals surface area contributed by atoms with E-state index in [1.165, 1.54) is 121 Å². The molecule has 2 fully saturated rings. The SMILES string of the molecule is C=[Si](C)c1cc2c3c(c1)C1(c4ccccc4)CCCCC1(C)N3c1cc(N3c4ccccc4C4(C)CCCCC34C)cc3c1B2c1cccc2c4ccccc4n-3c12. The summed E-state index contributed by atoms with van der Waals surface area (Å²) < 4.78 is 2.68. The molecule has 0 N–H and O–H groups in total. The summed E-state index contributed by atoms with van der Waals surface area (Å²) in [7, 11) is -1.00. The molecule has 13 rings (SSSR count). The van der Waals surface area contributed by atoms with Crippen LogP contribution in [0.3, 0.4) is 0 Å². The Morgan fingerprint density at radius 3 is 2.16 bits per heavy atom. The molecular formula is C53H50BN3Si. The van der Waals surface area contributed by atoms with E-state index < -0.39 is 8.41 Å². The van der Waals surface area contributed by atoms with Crippen molar-refractivity contribution in [3.63, 3.8) is 0 Å². The van der Waals surface area contributed by atoms with Crippen LogP contribution >= 0.6 is 0 Å². The van der Waals surface area contributed by atoms with Gasteiger partial charge in [-0.3, -0.25) is 0 Å². The highest BCUT2D eigenvalue weighted by atomic mass is 28.2. The predicted octanol–water partition coefficient (Wildman–Crippen LogP) is 9.78. The van der Waals surface area contributed by atoms with E-state index in [0.29, 0.717) is 0 Å². The molecule has 4 aliphatic heterocycles. The minimum absolute atomic E-state index is 0.0379. The van der Waals surface area contributed by atoms with E-state index in [1.54, 1.807) is 5.56 Å². The van der Waals surface area contributed by atoms with Gasteiger partial charge in [0.05, 0.1) is 16.6 Å². The summed E-state index contributed by atoms with van der Waals surface area (Å²) in [5.74, 6) is 0. The molecule has 2 saturated carbocycles. The molecule has 1 aromatic heterocycles. The third-order valence-electron chi connectivity index (χ3n) is 17.0. The summed E-state index contributed by atoms with van der Waals surface area (Å²) >= 11 is 0. The molecule has 0 radical (unpaired) electrons. The van der Waals surface area contributed by atoms with Crippen LogP contribution in [0, 0.1) is 0 Å². The second kappa shape index (κ2) is 11.1. The van der Waals surface area contributed by atoms with Crippen LogP contribution in [0.1, 0.15) is 88.8 Å². The van der Waals surface area contributed by atoms with Gasteiger partial charge in [-0.15, -0.1) is 6.17 Å². The highest BCUT2D eigenvalue weighted by molar-refractivity contribution is 7.00. The fraction of sp³-hybridized carbons (Fsp3) is 0.302. The molecule has 3 nitrogen and oxygen atoms in total. The standard InChI is InChI=1S/C53H50BN3Si/c1-50-26-13-14-27-51(50,2)56(44-25-12-10-22-39(44)50)35-30-45-47-46(31-35)57-49-40(53(34-18-7-6-8-19-34)29-16-15-28-52(53,57)3)32-36(58(4)5)33-42(49)54(47)41-23-17-21-38-37-20-9-11-24-43(37)55(45)48(38)41/h6-12,17-25,30-33H,4,13-16,26-29H2,1-3,5H3. The van der Waals surface area contributed by atoms with Gasteiger partial charge in [0.2, 0.25) is 0 Å². The Morgan fingerprint density at radius 2 is 1.31 bits per heavy atom. The van der Waals surface area contributed by atoms with Crippen LogP contribution in [0.25, 0.3) is 27.5 Å². The normalized spacial score (nSPS) is 27.0. The largest absolute Gasteiger partial charge is 0.335 e. The fourth-order valence-corrected chi connectivity index (χ4v) is 15.0. The molecule has 6 aliphatic rings. The first kappa shape index (κ1) is 33.8. The van der Waals surface area contributed by atoms with Crippen LogP contribution in [0.2, 0.25) is 6.55 Å². The van der Waals surface area contributed by atoms with Crippen LogP contribution in [-0.4, -0.2) is 36.9 Å². The van der Waals surface area contributed by atoms with Crippen molar-refractivity contribution in [2.75, 3.05) is 9.80 Å². The molecule has 0 saturated heterocycles. The Morgan fingerprint density at radius 1 is 0.603 bits per heavy atom. The van der Waals surface area contributed by atoms with Crippen molar-refractivity contribution in [1.82, 2.24) is 4.57 Å². The van der Waals surface area contributed by atoms with Gasteiger partial charge >= 0.3 is 0 Å². The first-order valence-corrected chi connectivity index (χ1v) is 24.2. The Balaban J connectivity index is 1.21. The molecule has 4 unspecified atom stereocenters. The topological polar surface area (TPSA) is 11.4 Å². The lowest BCUT2D eigenvalue weighted by molar-refractivity contribution is 0.195. The molecule has 6 aromatic carbocycles. The van der Waals surface area contributed by atoms with Crippen molar-refractivity contribution in [1.29, 1.82) is 0 Å². The van der Waals surface area contributed by atoms with Crippen LogP contribution in [0.15, 0.2) is 121 Å². The van der Waals surface area contributed by atoms with Gasteiger partial charge in [0, 0.05) is 64.0 Å². The maximum absolute atomic E-state index is 4.79. The Labute approximate surface area is 344 Å². The highest BCUT2D eigenvalue weighted by Crippen LogP contribution is 2.65. The number of hydrogen-bond acceptors (Lipinski definition) is 2. The van der Waals surface area contributed by atoms with E-state index in [4.69, 9.17) is 6.17 Å². The Hall–Kier alpha value is -5.13. The summed E-state index contributed by atoms with van der Waals surface area (Å²) in [4.78, 5) is 5.77. The van der Waals surface area contributed by atoms with E-state index in [2.05, 4.69) is 163 Å². The van der Waals surface area contributed by atoms with E-state index in [9.17, 15) is 0 Å². The molecule has 284 valence electrons. The summed E-state index contributed by atoms with van der Waals surface area (Å²) in [5, 5.41) is 4.16. The average molecular weight is 768 g/mol. The quantitative estimate of drug-likeness (QED) is 0.166. The van der Waals surface area contributed by atoms with Crippen LogP contribution in [-0.2, 0) is 10.8 Å². The minimum atomic E-state index is -1.00. The van der Waals surface area contributed by atoms with E-state index >= 15 is 0 Å². The minimum Gasteiger partial charge on any atom is -0.335 e. The van der Waals surface area contributed by atoms with Crippen LogP contribution in [0.4, 0.5) is 22.7 Å². The number of benzene rings is 6. The number of nitrogens with zero attached hydrogens (tertiary/aromatic N) is 3. The van der Waals surface area contributed by atoms with Gasteiger partial charge in [-0.1, -0.05) is 136 Å². The highest BCUT2D eigenvalue weighted by Gasteiger charge is 2.64. The van der Waals surface area contributed by atoms with Gasteiger partial charge in [-0.05, 0) is 102 Å². The lowest BCUT2D eigenvalue weighted by atomic mass is 9.33. The number of para-hydroxylation sites is 3. The number of rotatable bonds is 3. The number of fused-ring (bicyclic) bond motifs is 13. The molecular weight excluding hydrogens is 718 g/mol. The summed E-state index contributed by atoms with van der Waals surface area (Å²) in [6.07, 6.45) is 14.6. The lowest BCUT2D eigenvalue weighted by Crippen LogP contribution is -2.64. The zero-order valence-corrected chi connectivity index (χ0v) is 35.3. The van der Waals surface area contributed by atoms with E-state index in [1.807, 2.05) is 0 Å². The van der Waals surface area contributed by atoms with Gasteiger partial charge in [0.1, 0.15) is 0 Å². The Kier molecular flexibility index (Phi) is 6.48. The molecule has 0 bridgehead atoms. The molecule has 2 aliphatic carbocycles. The number of hydrogen-bond donors (Lipinski definition) is 0. The fourth-order valence-electron chi connectivity index (χ4n) is 14.2. The number of anilines is 4. The third-order valence-corrected chi connectivity index (χ3v) is 18.2. The van der Waals surface area contributed by atoms with Crippen molar-refractivity contribution in [3.05, 3.63) is 138 Å². The zero-order valence-electron chi connectivity index (χ0n) is 34.3. The second-order valence-corrected chi connectivity index (χ2v) is 21.6. The van der Waals surface area contributed by atoms with E-state index in [0.717, 1.165) is 12.8 Å². The van der Waals surface area contributed by atoms with E-state index in [-0.39, 0.29) is 28.6 Å². The van der Waals surface area contributed by atoms with Crippen LogP contribution in [0.5, 0.6) is 0 Å². The van der Waals surface area contributed by atoms with Crippen molar-refractivity contribution >= 4 is 87.4 Å². The molecule has 0 spiro atoms. The van der Waals surface area contributed by atoms with Gasteiger partial charge in [-0.2, -0.15) is 0 Å². The van der Waals surface area contributed by atoms with Gasteiger partial charge in [0.15, 0.2) is 0 Å². The maximum Gasteiger partial charge on any atom is 0.252 e. The first-order valence-electron chi connectivity index (χ1n) is 22.0. The van der Waals surface area contributed by atoms with Crippen molar-refractivity contribution < 1.29 is 0 Å². The third kappa shape index (κ3) is 3.70. The molecule has 4 atom stereocenters. The smallest absolute Gasteiger partial charge is 0.252 e. The van der Waals surface area contributed by atoms with Crippen molar-refractivity contribution in [3.8, 4) is 5.69 Å². The van der Waals surface area contributed by atoms with Gasteiger partial charge in [-0.25, -0.2) is 0 Å². The summed E-state index contributed by atoms with van der Waals surface area (Å²) in [5.41, 5.74) is 18.4. The monoisotopic (exact) mass is 767 g/mol. The van der Waals surface area contributed by atoms with Crippen molar-refractivity contribution in [2.45, 2.75) is 101 Å². The van der Waals surface area contributed by atoms with Gasteiger partial charge < -0.3 is 14.4 Å². The molecule has 7 aromatic rings. The zero-order chi connectivity index (χ0) is 38.9. The maximum atomic E-state index is 4.79. The molecule has 58 heavy (non-hydrogen) atoms. The predicted molar refractivity (Wildman–Crippen MR) is 249 cm³/mol. The lowest BCUT2D eigenvalue weighted by Gasteiger charge is -2.54. The summed E-state index contributed by atoms with van der Waals surface area (Å²) in [6, 6.07) is 48.0. The number of aromatic nitrogens is 1. The Bertz CT molecular complexity index is 2980. The second-order valence-electron chi connectivity index (χ2n) is 19.4. The summed E-state index contributed by atoms with van der Waals surface area (Å²) in [6.45, 7) is 10.3. The molecule has 5 heterocycles. The van der Waals surface area contributed by atoms with Gasteiger partial charge in [0.25, 0.3) is 6.71 Å². The first-order chi connectivity index (χ1) is 28.2. The molecule has 5 heteroatoms. The van der Waals surface area contributed by atoms with Crippen LogP contribution < -0.4 is 31.4 Å². The average Bonchev–Trinajstić information content (AvgIpc) is 3.79. The molecule has 0 amide bonds. The van der Waals surface area contributed by atoms with Crippen molar-refractivity contribution in [2.24, 2.45) is 0 Å².